The number of carbonyl (C=O) groups is 2. The first kappa shape index (κ1) is 19.1. The summed E-state index contributed by atoms with van der Waals surface area (Å²) in [7, 11) is 4.88. The molecule has 0 aliphatic carbocycles. The second-order valence-electron chi connectivity index (χ2n) is 6.22. The van der Waals surface area contributed by atoms with Crippen molar-refractivity contribution in [3.8, 4) is 17.2 Å². The highest BCUT2D eigenvalue weighted by Gasteiger charge is 2.38. The number of benzene rings is 1. The van der Waals surface area contributed by atoms with Crippen LogP contribution in [0.2, 0.25) is 0 Å². The van der Waals surface area contributed by atoms with Crippen molar-refractivity contribution < 1.29 is 28.9 Å². The monoisotopic (exact) mass is 351 g/mol. The van der Waals surface area contributed by atoms with E-state index in [9.17, 15) is 14.7 Å². The van der Waals surface area contributed by atoms with Gasteiger partial charge in [0, 0.05) is 24.5 Å². The van der Waals surface area contributed by atoms with Crippen molar-refractivity contribution in [3.63, 3.8) is 0 Å². The van der Waals surface area contributed by atoms with Crippen LogP contribution in [-0.4, -0.2) is 62.2 Å². The lowest BCUT2D eigenvalue weighted by Gasteiger charge is -2.27. The summed E-state index contributed by atoms with van der Waals surface area (Å²) in [5.74, 6) is -0.184. The Hall–Kier alpha value is -2.28. The average Bonchev–Trinajstić information content (AvgIpc) is 2.91. The van der Waals surface area contributed by atoms with Crippen LogP contribution in [0.1, 0.15) is 42.1 Å². The second kappa shape index (κ2) is 7.74. The molecule has 1 saturated heterocycles. The van der Waals surface area contributed by atoms with Crippen LogP contribution >= 0.6 is 0 Å². The first-order valence-corrected chi connectivity index (χ1v) is 8.14. The number of ketones is 1. The van der Waals surface area contributed by atoms with Gasteiger partial charge in [-0.25, -0.2) is 0 Å². The standard InChI is InChI=1S/C18H25NO6/c1-10(20)16-14(23-4)8-15(24-5)17(18(16)22)12-6-7-19(3)13(12)9-25-11(2)21/h8,12-13,22H,6-7,9H2,1-5H3. The third kappa shape index (κ3) is 3.71. The quantitative estimate of drug-likeness (QED) is 0.619. The third-order valence-electron chi connectivity index (χ3n) is 4.71. The van der Waals surface area contributed by atoms with Crippen molar-refractivity contribution in [3.05, 3.63) is 17.2 Å². The molecule has 1 N–H and O–H groups in total. The Balaban J connectivity index is 2.54. The molecule has 0 saturated carbocycles. The molecule has 0 aromatic heterocycles. The van der Waals surface area contributed by atoms with Gasteiger partial charge in [0.05, 0.1) is 20.3 Å². The van der Waals surface area contributed by atoms with Crippen LogP contribution in [0.3, 0.4) is 0 Å². The number of aromatic hydroxyl groups is 1. The molecule has 2 rings (SSSR count). The van der Waals surface area contributed by atoms with Crippen molar-refractivity contribution in [2.75, 3.05) is 34.4 Å². The Labute approximate surface area is 147 Å². The van der Waals surface area contributed by atoms with Crippen LogP contribution in [0.5, 0.6) is 17.2 Å². The number of ether oxygens (including phenoxy) is 3. The van der Waals surface area contributed by atoms with E-state index >= 15 is 0 Å². The van der Waals surface area contributed by atoms with Crippen LogP contribution in [0.4, 0.5) is 0 Å². The van der Waals surface area contributed by atoms with Crippen molar-refractivity contribution in [1.82, 2.24) is 4.90 Å². The van der Waals surface area contributed by atoms with E-state index in [-0.39, 0.29) is 47.4 Å². The van der Waals surface area contributed by atoms with Gasteiger partial charge in [-0.3, -0.25) is 14.5 Å². The normalized spacial score (nSPS) is 20.4. The molecule has 7 nitrogen and oxygen atoms in total. The number of likely N-dealkylation sites (N-methyl/N-ethyl adjacent to an activating group) is 1. The number of likely N-dealkylation sites (tertiary alicyclic amines) is 1. The summed E-state index contributed by atoms with van der Waals surface area (Å²) in [5.41, 5.74) is 0.689. The van der Waals surface area contributed by atoms with Gasteiger partial charge in [-0.1, -0.05) is 0 Å². The van der Waals surface area contributed by atoms with Gasteiger partial charge in [0.15, 0.2) is 5.78 Å². The molecule has 0 radical (unpaired) electrons. The van der Waals surface area contributed by atoms with Gasteiger partial charge in [0.25, 0.3) is 0 Å². The number of rotatable bonds is 6. The zero-order valence-electron chi connectivity index (χ0n) is 15.3. The number of esters is 1. The fourth-order valence-electron chi connectivity index (χ4n) is 3.46. The van der Waals surface area contributed by atoms with E-state index in [1.54, 1.807) is 6.07 Å². The van der Waals surface area contributed by atoms with E-state index in [0.29, 0.717) is 11.3 Å². The lowest BCUT2D eigenvalue weighted by molar-refractivity contribution is -0.142. The number of hydrogen-bond donors (Lipinski definition) is 1. The number of methoxy groups -OCH3 is 2. The van der Waals surface area contributed by atoms with Crippen molar-refractivity contribution in [2.45, 2.75) is 32.2 Å². The van der Waals surface area contributed by atoms with Gasteiger partial charge >= 0.3 is 5.97 Å². The summed E-state index contributed by atoms with van der Waals surface area (Å²) < 4.78 is 15.9. The third-order valence-corrected chi connectivity index (χ3v) is 4.71. The molecule has 1 aliphatic rings. The van der Waals surface area contributed by atoms with Gasteiger partial charge < -0.3 is 19.3 Å². The second-order valence-corrected chi connectivity index (χ2v) is 6.22. The van der Waals surface area contributed by atoms with Crippen molar-refractivity contribution in [2.24, 2.45) is 0 Å². The number of nitrogens with zero attached hydrogens (tertiary/aromatic N) is 1. The molecule has 2 atom stereocenters. The first-order chi connectivity index (χ1) is 11.8. The molecule has 1 aromatic carbocycles. The van der Waals surface area contributed by atoms with Crippen LogP contribution in [0, 0.1) is 0 Å². The Morgan fingerprint density at radius 2 is 1.88 bits per heavy atom. The molecular formula is C18H25NO6. The van der Waals surface area contributed by atoms with Gasteiger partial charge in [-0.15, -0.1) is 0 Å². The first-order valence-electron chi connectivity index (χ1n) is 8.14. The predicted molar refractivity (Wildman–Crippen MR) is 91.6 cm³/mol. The number of hydrogen-bond acceptors (Lipinski definition) is 7. The van der Waals surface area contributed by atoms with Gasteiger partial charge in [0.1, 0.15) is 29.4 Å². The van der Waals surface area contributed by atoms with Crippen LogP contribution in [0.25, 0.3) is 0 Å². The molecule has 1 heterocycles. The molecule has 2 unspecified atom stereocenters. The summed E-state index contributed by atoms with van der Waals surface area (Å²) >= 11 is 0. The average molecular weight is 351 g/mol. The molecule has 1 fully saturated rings. The zero-order valence-corrected chi connectivity index (χ0v) is 15.3. The molecule has 25 heavy (non-hydrogen) atoms. The minimum Gasteiger partial charge on any atom is -0.507 e. The Morgan fingerprint density at radius 1 is 1.24 bits per heavy atom. The van der Waals surface area contributed by atoms with E-state index in [2.05, 4.69) is 4.90 Å². The predicted octanol–water partition coefficient (Wildman–Crippen LogP) is 1.96. The number of Topliss-reactive ketones (excluding diaryl/α,β-unsaturated/α-hetero) is 1. The summed E-state index contributed by atoms with van der Waals surface area (Å²) in [4.78, 5) is 25.3. The highest BCUT2D eigenvalue weighted by molar-refractivity contribution is 6.00. The van der Waals surface area contributed by atoms with Gasteiger partial charge in [0.2, 0.25) is 0 Å². The maximum Gasteiger partial charge on any atom is 0.302 e. The lowest BCUT2D eigenvalue weighted by Crippen LogP contribution is -2.34. The molecule has 138 valence electrons. The molecule has 1 aliphatic heterocycles. The van der Waals surface area contributed by atoms with Crippen LogP contribution in [-0.2, 0) is 9.53 Å². The number of carbonyl (C=O) groups excluding carboxylic acids is 2. The molecule has 0 amide bonds. The summed E-state index contributed by atoms with van der Waals surface area (Å²) in [5, 5.41) is 10.8. The lowest BCUT2D eigenvalue weighted by atomic mass is 9.88. The summed E-state index contributed by atoms with van der Waals surface area (Å²) in [6.45, 7) is 3.73. The highest BCUT2D eigenvalue weighted by atomic mass is 16.5. The van der Waals surface area contributed by atoms with E-state index in [4.69, 9.17) is 14.2 Å². The molecule has 0 spiro atoms. The smallest absolute Gasteiger partial charge is 0.302 e. The van der Waals surface area contributed by atoms with Gasteiger partial charge in [-0.2, -0.15) is 0 Å². The summed E-state index contributed by atoms with van der Waals surface area (Å²) in [6.07, 6.45) is 0.746. The Bertz CT molecular complexity index is 672. The maximum absolute atomic E-state index is 12.0. The highest BCUT2D eigenvalue weighted by Crippen LogP contribution is 2.47. The topological polar surface area (TPSA) is 85.3 Å². The van der Waals surface area contributed by atoms with E-state index < -0.39 is 0 Å². The van der Waals surface area contributed by atoms with Crippen molar-refractivity contribution >= 4 is 11.8 Å². The maximum atomic E-state index is 12.0. The minimum atomic E-state index is -0.352. The van der Waals surface area contributed by atoms with E-state index in [1.807, 2.05) is 7.05 Å². The fourth-order valence-corrected chi connectivity index (χ4v) is 3.46. The van der Waals surface area contributed by atoms with Crippen molar-refractivity contribution in [1.29, 1.82) is 0 Å². The minimum absolute atomic E-state index is 0.114. The summed E-state index contributed by atoms with van der Waals surface area (Å²) in [6, 6.07) is 1.50. The molecule has 0 bridgehead atoms. The molecule has 7 heteroatoms. The van der Waals surface area contributed by atoms with Crippen LogP contribution < -0.4 is 9.47 Å². The molecular weight excluding hydrogens is 326 g/mol. The van der Waals surface area contributed by atoms with Gasteiger partial charge in [-0.05, 0) is 26.9 Å². The largest absolute Gasteiger partial charge is 0.507 e. The zero-order chi connectivity index (χ0) is 18.7. The Morgan fingerprint density at radius 3 is 2.40 bits per heavy atom. The SMILES string of the molecule is COc1cc(OC)c(C2CCN(C)C2COC(C)=O)c(O)c1C(C)=O. The number of phenols is 1. The van der Waals surface area contributed by atoms with E-state index in [1.165, 1.54) is 28.1 Å². The van der Waals surface area contributed by atoms with Crippen LogP contribution in [0.15, 0.2) is 6.07 Å². The molecule has 1 aromatic rings. The Kier molecular flexibility index (Phi) is 5.89. The fraction of sp³-hybridized carbons (Fsp3) is 0.556. The van der Waals surface area contributed by atoms with E-state index in [0.717, 1.165) is 13.0 Å². The number of phenolic OH excluding ortho intramolecular Hbond substituents is 1.